The number of carbonyl (C=O) groups excluding carboxylic acids is 1. The number of aliphatic imine (C=N–C) groups is 1. The molecule has 1 rings (SSSR count). The molecule has 1 saturated heterocycles. The van der Waals surface area contributed by atoms with E-state index >= 15 is 0 Å². The van der Waals surface area contributed by atoms with Gasteiger partial charge in [-0.1, -0.05) is 20.3 Å². The molecule has 2 unspecified atom stereocenters. The Morgan fingerprint density at radius 3 is 2.70 bits per heavy atom. The number of unbranched alkanes of at least 4 members (excludes halogenated alkanes) is 1. The number of nitrogens with one attached hydrogen (secondary N) is 1. The minimum atomic E-state index is -0.116. The number of likely N-dealkylation sites (N-methyl/N-ethyl adjacent to an activating group) is 1. The van der Waals surface area contributed by atoms with E-state index in [1.54, 1.807) is 0 Å². The predicted molar refractivity (Wildman–Crippen MR) is 94.6 cm³/mol. The van der Waals surface area contributed by atoms with Crippen molar-refractivity contribution < 1.29 is 9.53 Å². The van der Waals surface area contributed by atoms with Crippen molar-refractivity contribution in [2.75, 3.05) is 53.4 Å². The number of hydrogen-bond acceptors (Lipinski definition) is 4. The predicted octanol–water partition coefficient (Wildman–Crippen LogP) is 1.42. The molecule has 0 radical (unpaired) electrons. The van der Waals surface area contributed by atoms with Gasteiger partial charge in [-0.05, 0) is 32.9 Å². The van der Waals surface area contributed by atoms with Crippen LogP contribution < -0.4 is 5.32 Å². The first-order valence-electron chi connectivity index (χ1n) is 8.83. The summed E-state index contributed by atoms with van der Waals surface area (Å²) in [6, 6.07) is 0. The first-order chi connectivity index (χ1) is 11.0. The van der Waals surface area contributed by atoms with Crippen LogP contribution in [0, 0.1) is 11.8 Å². The van der Waals surface area contributed by atoms with Crippen molar-refractivity contribution in [1.82, 2.24) is 15.1 Å². The lowest BCUT2D eigenvalue weighted by Gasteiger charge is -2.22. The molecule has 1 aliphatic rings. The van der Waals surface area contributed by atoms with E-state index in [1.807, 2.05) is 0 Å². The number of nitrogens with zero attached hydrogens (tertiary/aromatic N) is 3. The summed E-state index contributed by atoms with van der Waals surface area (Å²) < 4.78 is 4.91. The van der Waals surface area contributed by atoms with E-state index in [2.05, 4.69) is 42.9 Å². The molecular formula is C17H34N4O2. The Morgan fingerprint density at radius 1 is 1.35 bits per heavy atom. The van der Waals surface area contributed by atoms with Gasteiger partial charge in [0.25, 0.3) is 0 Å². The average molecular weight is 326 g/mol. The summed E-state index contributed by atoms with van der Waals surface area (Å²) in [4.78, 5) is 21.1. The second-order valence-electron chi connectivity index (χ2n) is 6.40. The van der Waals surface area contributed by atoms with Crippen molar-refractivity contribution in [3.8, 4) is 0 Å². The first kappa shape index (κ1) is 19.7. The SMILES string of the molecule is CCCCN(C)CCN=C(NCC)N1CC(C)C(C(=O)OC)C1. The standard InChI is InChI=1S/C17H34N4O2/c1-6-8-10-20(4)11-9-19-17(18-7-2)21-12-14(3)15(13-21)16(22)23-5/h14-15H,6-13H2,1-5H3,(H,18,19). The van der Waals surface area contributed by atoms with Crippen LogP contribution in [0.15, 0.2) is 4.99 Å². The van der Waals surface area contributed by atoms with Crippen molar-refractivity contribution in [2.45, 2.75) is 33.6 Å². The molecule has 6 nitrogen and oxygen atoms in total. The molecule has 1 fully saturated rings. The number of ether oxygens (including phenoxy) is 1. The fraction of sp³-hybridized carbons (Fsp3) is 0.882. The van der Waals surface area contributed by atoms with E-state index in [0.717, 1.165) is 38.7 Å². The molecule has 0 aliphatic carbocycles. The molecule has 1 N–H and O–H groups in total. The maximum absolute atomic E-state index is 11.8. The Labute approximate surface area is 141 Å². The largest absolute Gasteiger partial charge is 0.469 e. The quantitative estimate of drug-likeness (QED) is 0.415. The number of rotatable bonds is 8. The smallest absolute Gasteiger partial charge is 0.310 e. The highest BCUT2D eigenvalue weighted by Crippen LogP contribution is 2.24. The molecule has 2 atom stereocenters. The van der Waals surface area contributed by atoms with Crippen molar-refractivity contribution in [3.05, 3.63) is 0 Å². The van der Waals surface area contributed by atoms with Gasteiger partial charge in [0.05, 0.1) is 19.6 Å². The molecule has 0 bridgehead atoms. The average Bonchev–Trinajstić information content (AvgIpc) is 2.93. The molecule has 1 heterocycles. The van der Waals surface area contributed by atoms with Crippen LogP contribution in [0.3, 0.4) is 0 Å². The van der Waals surface area contributed by atoms with Crippen molar-refractivity contribution >= 4 is 11.9 Å². The molecule has 0 aromatic heterocycles. The third-order valence-electron chi connectivity index (χ3n) is 4.39. The minimum Gasteiger partial charge on any atom is -0.469 e. The number of guanidine groups is 1. The minimum absolute atomic E-state index is 0.0592. The third-order valence-corrected chi connectivity index (χ3v) is 4.39. The van der Waals surface area contributed by atoms with Crippen molar-refractivity contribution in [2.24, 2.45) is 16.8 Å². The van der Waals surface area contributed by atoms with Gasteiger partial charge in [0, 0.05) is 26.2 Å². The normalized spacial score (nSPS) is 21.8. The van der Waals surface area contributed by atoms with Gasteiger partial charge in [0.2, 0.25) is 0 Å². The monoisotopic (exact) mass is 326 g/mol. The van der Waals surface area contributed by atoms with Gasteiger partial charge in [0.15, 0.2) is 5.96 Å². The lowest BCUT2D eigenvalue weighted by Crippen LogP contribution is -2.41. The molecule has 0 saturated carbocycles. The Hall–Kier alpha value is -1.30. The lowest BCUT2D eigenvalue weighted by molar-refractivity contribution is -0.145. The van der Waals surface area contributed by atoms with E-state index in [-0.39, 0.29) is 11.9 Å². The first-order valence-corrected chi connectivity index (χ1v) is 8.83. The Kier molecular flexibility index (Phi) is 8.99. The number of esters is 1. The molecule has 1 aliphatic heterocycles. The number of likely N-dealkylation sites (tertiary alicyclic amines) is 1. The second kappa shape index (κ2) is 10.5. The Morgan fingerprint density at radius 2 is 2.09 bits per heavy atom. The highest BCUT2D eigenvalue weighted by atomic mass is 16.5. The number of hydrogen-bond donors (Lipinski definition) is 1. The van der Waals surface area contributed by atoms with E-state index in [1.165, 1.54) is 20.0 Å². The van der Waals surface area contributed by atoms with Crippen LogP contribution in [0.25, 0.3) is 0 Å². The van der Waals surface area contributed by atoms with Gasteiger partial charge in [0.1, 0.15) is 0 Å². The zero-order valence-electron chi connectivity index (χ0n) is 15.5. The van der Waals surface area contributed by atoms with E-state index in [9.17, 15) is 4.79 Å². The highest BCUT2D eigenvalue weighted by Gasteiger charge is 2.36. The van der Waals surface area contributed by atoms with Gasteiger partial charge < -0.3 is 19.9 Å². The second-order valence-corrected chi connectivity index (χ2v) is 6.40. The van der Waals surface area contributed by atoms with Gasteiger partial charge in [-0.3, -0.25) is 9.79 Å². The maximum Gasteiger partial charge on any atom is 0.310 e. The van der Waals surface area contributed by atoms with Gasteiger partial charge in [-0.2, -0.15) is 0 Å². The maximum atomic E-state index is 11.8. The van der Waals surface area contributed by atoms with Crippen LogP contribution in [0.4, 0.5) is 0 Å². The van der Waals surface area contributed by atoms with Crippen LogP contribution >= 0.6 is 0 Å². The summed E-state index contributed by atoms with van der Waals surface area (Å²) >= 11 is 0. The third kappa shape index (κ3) is 6.37. The van der Waals surface area contributed by atoms with Gasteiger partial charge in [-0.15, -0.1) is 0 Å². The topological polar surface area (TPSA) is 57.2 Å². The summed E-state index contributed by atoms with van der Waals surface area (Å²) in [6.45, 7) is 11.6. The highest BCUT2D eigenvalue weighted by molar-refractivity contribution is 5.82. The summed E-state index contributed by atoms with van der Waals surface area (Å²) in [5.41, 5.74) is 0. The molecule has 0 amide bonds. The fourth-order valence-electron chi connectivity index (χ4n) is 2.89. The zero-order chi connectivity index (χ0) is 17.2. The zero-order valence-corrected chi connectivity index (χ0v) is 15.5. The number of methoxy groups -OCH3 is 1. The van der Waals surface area contributed by atoms with E-state index in [4.69, 9.17) is 9.73 Å². The van der Waals surface area contributed by atoms with Gasteiger partial charge in [-0.25, -0.2) is 0 Å². The van der Waals surface area contributed by atoms with Crippen molar-refractivity contribution in [3.63, 3.8) is 0 Å². The van der Waals surface area contributed by atoms with Crippen LogP contribution in [0.2, 0.25) is 0 Å². The summed E-state index contributed by atoms with van der Waals surface area (Å²) in [5, 5.41) is 3.34. The Bertz CT molecular complexity index is 387. The molecule has 6 heteroatoms. The molecule has 0 spiro atoms. The van der Waals surface area contributed by atoms with Crippen LogP contribution in [0.5, 0.6) is 0 Å². The molecule has 0 aromatic rings. The van der Waals surface area contributed by atoms with Crippen LogP contribution in [0.1, 0.15) is 33.6 Å². The van der Waals surface area contributed by atoms with E-state index in [0.29, 0.717) is 12.5 Å². The van der Waals surface area contributed by atoms with Crippen LogP contribution in [-0.2, 0) is 9.53 Å². The summed E-state index contributed by atoms with van der Waals surface area (Å²) in [6.07, 6.45) is 2.45. The van der Waals surface area contributed by atoms with Crippen LogP contribution in [-0.4, -0.2) is 75.2 Å². The molecule has 23 heavy (non-hydrogen) atoms. The molecule has 0 aromatic carbocycles. The molecular weight excluding hydrogens is 292 g/mol. The molecule has 134 valence electrons. The fourth-order valence-corrected chi connectivity index (χ4v) is 2.89. The Balaban J connectivity index is 2.57. The number of carbonyl (C=O) groups is 1. The summed E-state index contributed by atoms with van der Waals surface area (Å²) in [5.74, 6) is 1.03. The van der Waals surface area contributed by atoms with Crippen molar-refractivity contribution in [1.29, 1.82) is 0 Å². The summed E-state index contributed by atoms with van der Waals surface area (Å²) in [7, 11) is 3.60. The lowest BCUT2D eigenvalue weighted by atomic mass is 9.99. The van der Waals surface area contributed by atoms with E-state index < -0.39 is 0 Å². The van der Waals surface area contributed by atoms with Gasteiger partial charge >= 0.3 is 5.97 Å².